The fourth-order valence-corrected chi connectivity index (χ4v) is 10.3. The molecule has 1 atom stereocenters. The Labute approximate surface area is 377 Å². The number of piperidine rings is 3. The number of aryl methyl sites for hydroxylation is 1. The van der Waals surface area contributed by atoms with Crippen LogP contribution in [0.1, 0.15) is 104 Å². The second kappa shape index (κ2) is 18.1. The van der Waals surface area contributed by atoms with Crippen LogP contribution in [0.3, 0.4) is 0 Å². The number of rotatable bonds is 12. The predicted octanol–water partition coefficient (Wildman–Crippen LogP) is 5.36. The number of imide groups is 1. The summed E-state index contributed by atoms with van der Waals surface area (Å²) in [4.78, 5) is 78.6. The number of anilines is 3. The number of halogens is 1. The SMILES string of the molecule is CNC(=O)COc1cc2cc(Nc3nc(N4CCC(OC5CC(N6CCC(c7cc(C)c8c(c7)CN([C@@H]7CCC(=O)NC7=O)C8=O)CC6)C5)CC4)ncc3Cl)ccc2n(C(C)C)c1=O. The summed E-state index contributed by atoms with van der Waals surface area (Å²) in [6.45, 7) is 9.60. The number of nitrogens with one attached hydrogen (secondary N) is 3. The molecular formula is C47H56ClN9O7. The molecule has 9 rings (SSSR count). The van der Waals surface area contributed by atoms with Gasteiger partial charge in [-0.25, -0.2) is 4.98 Å². The molecular weight excluding hydrogens is 838 g/mol. The molecule has 4 aromatic rings. The fourth-order valence-electron chi connectivity index (χ4n) is 10.2. The summed E-state index contributed by atoms with van der Waals surface area (Å²) in [7, 11) is 1.52. The molecule has 0 bridgehead atoms. The van der Waals surface area contributed by atoms with Crippen molar-refractivity contribution >= 4 is 63.6 Å². The molecule has 4 amide bonds. The molecule has 2 aromatic heterocycles. The average molecular weight is 894 g/mol. The number of nitrogens with zero attached hydrogens (tertiary/aromatic N) is 6. The molecule has 5 aliphatic rings. The lowest BCUT2D eigenvalue weighted by atomic mass is 9.82. The third kappa shape index (κ3) is 8.79. The Bertz CT molecular complexity index is 2540. The van der Waals surface area contributed by atoms with Gasteiger partial charge in [0.05, 0.1) is 23.9 Å². The van der Waals surface area contributed by atoms with E-state index in [1.807, 2.05) is 39.0 Å². The van der Waals surface area contributed by atoms with Crippen LogP contribution in [-0.4, -0.2) is 112 Å². The van der Waals surface area contributed by atoms with Gasteiger partial charge in [0.2, 0.25) is 17.8 Å². The summed E-state index contributed by atoms with van der Waals surface area (Å²) < 4.78 is 13.9. The second-order valence-electron chi connectivity index (χ2n) is 18.2. The molecule has 64 heavy (non-hydrogen) atoms. The smallest absolute Gasteiger partial charge is 0.293 e. The maximum absolute atomic E-state index is 13.4. The molecule has 338 valence electrons. The Balaban J connectivity index is 0.745. The van der Waals surface area contributed by atoms with Crippen LogP contribution in [0.2, 0.25) is 5.02 Å². The van der Waals surface area contributed by atoms with Crippen LogP contribution in [-0.2, 0) is 25.7 Å². The van der Waals surface area contributed by atoms with Crippen molar-refractivity contribution < 1.29 is 28.7 Å². The van der Waals surface area contributed by atoms with Crippen LogP contribution >= 0.6 is 11.6 Å². The van der Waals surface area contributed by atoms with Crippen molar-refractivity contribution in [1.82, 2.24) is 35.0 Å². The Morgan fingerprint density at radius 1 is 0.969 bits per heavy atom. The summed E-state index contributed by atoms with van der Waals surface area (Å²) in [5, 5.41) is 9.38. The van der Waals surface area contributed by atoms with Crippen LogP contribution in [0.15, 0.2) is 47.4 Å². The Kier molecular flexibility index (Phi) is 12.4. The Hall–Kier alpha value is -5.58. The normalized spacial score (nSPS) is 22.2. The summed E-state index contributed by atoms with van der Waals surface area (Å²) >= 11 is 6.61. The van der Waals surface area contributed by atoms with Crippen LogP contribution in [0.5, 0.6) is 5.75 Å². The van der Waals surface area contributed by atoms with Gasteiger partial charge in [-0.05, 0) is 126 Å². The number of likely N-dealkylation sites (tertiary alicyclic amines) is 1. The highest BCUT2D eigenvalue weighted by atomic mass is 35.5. The van der Waals surface area contributed by atoms with Crippen molar-refractivity contribution in [1.29, 1.82) is 0 Å². The maximum atomic E-state index is 13.4. The van der Waals surface area contributed by atoms with E-state index >= 15 is 0 Å². The van der Waals surface area contributed by atoms with E-state index in [0.29, 0.717) is 47.3 Å². The van der Waals surface area contributed by atoms with Crippen LogP contribution in [0.25, 0.3) is 10.9 Å². The van der Waals surface area contributed by atoms with E-state index in [2.05, 4.69) is 42.9 Å². The third-order valence-corrected chi connectivity index (χ3v) is 14.0. The number of ether oxygens (including phenoxy) is 2. The largest absolute Gasteiger partial charge is 0.478 e. The van der Waals surface area contributed by atoms with E-state index in [-0.39, 0.29) is 66.2 Å². The lowest BCUT2D eigenvalue weighted by Gasteiger charge is -2.47. The molecule has 1 aliphatic carbocycles. The van der Waals surface area contributed by atoms with Gasteiger partial charge in [0.1, 0.15) is 11.1 Å². The number of fused-ring (bicyclic) bond motifs is 2. The zero-order valence-electron chi connectivity index (χ0n) is 36.8. The molecule has 17 heteroatoms. The number of hydrogen-bond donors (Lipinski definition) is 3. The van der Waals surface area contributed by atoms with Crippen molar-refractivity contribution in [2.75, 3.05) is 50.1 Å². The van der Waals surface area contributed by atoms with E-state index in [1.54, 1.807) is 21.7 Å². The number of carbonyl (C=O) groups excluding carboxylic acids is 4. The minimum absolute atomic E-state index is 0.0955. The number of pyridine rings is 1. The fraction of sp³-hybridized carbons (Fsp3) is 0.511. The van der Waals surface area contributed by atoms with Crippen molar-refractivity contribution in [3.05, 3.63) is 80.2 Å². The molecule has 0 unspecified atom stereocenters. The summed E-state index contributed by atoms with van der Waals surface area (Å²) in [5.41, 5.74) is 5.09. The third-order valence-electron chi connectivity index (χ3n) is 13.7. The van der Waals surface area contributed by atoms with Gasteiger partial charge in [0.25, 0.3) is 17.4 Å². The topological polar surface area (TPSA) is 180 Å². The van der Waals surface area contributed by atoms with E-state index in [4.69, 9.17) is 26.1 Å². The second-order valence-corrected chi connectivity index (χ2v) is 18.6. The summed E-state index contributed by atoms with van der Waals surface area (Å²) in [6.07, 6.45) is 8.66. The van der Waals surface area contributed by atoms with Crippen LogP contribution in [0, 0.1) is 6.92 Å². The monoisotopic (exact) mass is 893 g/mol. The number of benzene rings is 2. The minimum Gasteiger partial charge on any atom is -0.478 e. The highest BCUT2D eigenvalue weighted by Gasteiger charge is 2.41. The molecule has 1 saturated carbocycles. The highest BCUT2D eigenvalue weighted by molar-refractivity contribution is 6.33. The first-order valence-corrected chi connectivity index (χ1v) is 23.0. The minimum atomic E-state index is -0.602. The molecule has 0 spiro atoms. The van der Waals surface area contributed by atoms with Gasteiger partial charge in [-0.3, -0.25) is 29.3 Å². The average Bonchev–Trinajstić information content (AvgIpc) is 3.60. The first-order valence-electron chi connectivity index (χ1n) is 22.6. The number of aromatic nitrogens is 3. The van der Waals surface area contributed by atoms with E-state index < -0.39 is 6.04 Å². The molecule has 4 aliphatic heterocycles. The van der Waals surface area contributed by atoms with Crippen LogP contribution < -0.4 is 31.1 Å². The maximum Gasteiger partial charge on any atom is 0.293 e. The number of hydrogen-bond acceptors (Lipinski definition) is 12. The lowest BCUT2D eigenvalue weighted by molar-refractivity contribution is -0.137. The van der Waals surface area contributed by atoms with Crippen molar-refractivity contribution in [3.63, 3.8) is 0 Å². The van der Waals surface area contributed by atoms with Gasteiger partial charge in [0.15, 0.2) is 18.2 Å². The Morgan fingerprint density at radius 3 is 2.45 bits per heavy atom. The van der Waals surface area contributed by atoms with Gasteiger partial charge < -0.3 is 39.4 Å². The molecule has 6 heterocycles. The molecule has 3 saturated heterocycles. The first kappa shape index (κ1) is 43.7. The summed E-state index contributed by atoms with van der Waals surface area (Å²) in [5.74, 6) is 0.488. The quantitative estimate of drug-likeness (QED) is 0.155. The predicted molar refractivity (Wildman–Crippen MR) is 242 cm³/mol. The molecule has 4 fully saturated rings. The van der Waals surface area contributed by atoms with Crippen molar-refractivity contribution in [2.24, 2.45) is 0 Å². The van der Waals surface area contributed by atoms with E-state index in [1.165, 1.54) is 12.6 Å². The van der Waals surface area contributed by atoms with Gasteiger partial charge >= 0.3 is 0 Å². The zero-order chi connectivity index (χ0) is 44.8. The van der Waals surface area contributed by atoms with E-state index in [0.717, 1.165) is 92.4 Å². The Morgan fingerprint density at radius 2 is 1.73 bits per heavy atom. The van der Waals surface area contributed by atoms with Gasteiger partial charge in [-0.15, -0.1) is 0 Å². The number of amides is 4. The zero-order valence-corrected chi connectivity index (χ0v) is 37.6. The molecule has 0 radical (unpaired) electrons. The van der Waals surface area contributed by atoms with Crippen molar-refractivity contribution in [2.45, 2.75) is 115 Å². The van der Waals surface area contributed by atoms with Gasteiger partial charge in [0, 0.05) is 61.8 Å². The number of carbonyl (C=O) groups is 4. The molecule has 3 N–H and O–H groups in total. The van der Waals surface area contributed by atoms with E-state index in [9.17, 15) is 24.0 Å². The first-order chi connectivity index (χ1) is 30.8. The van der Waals surface area contributed by atoms with Crippen LogP contribution in [0.4, 0.5) is 17.5 Å². The van der Waals surface area contributed by atoms with Gasteiger partial charge in [-0.1, -0.05) is 23.7 Å². The lowest BCUT2D eigenvalue weighted by Crippen LogP contribution is -2.52. The summed E-state index contributed by atoms with van der Waals surface area (Å²) in [6, 6.07) is 11.5. The standard InChI is InChI=1S/C47H56ClN9O7/c1-26(2)57-37-6-5-32(19-30(37)20-39(45(57)61)63-25-41(59)49-4)51-43-36(48)23-50-47(53-43)55-15-11-34(12-16-55)64-35-21-33(22-35)54-13-9-28(10-14-54)29-17-27(3)42-31(18-29)24-56(46(42)62)38-7-8-40(58)52-44(38)60/h5-6,17-20,23,26,28,33-35,38H,7-16,21-22,24-25H2,1-4H3,(H,49,59)(H,50,51,53)(H,52,58,60)/t33?,35?,38-/m1/s1. The highest BCUT2D eigenvalue weighted by Crippen LogP contribution is 2.39. The molecule has 2 aromatic carbocycles. The molecule has 16 nitrogen and oxygen atoms in total. The van der Waals surface area contributed by atoms with Crippen molar-refractivity contribution in [3.8, 4) is 5.75 Å². The van der Waals surface area contributed by atoms with Gasteiger partial charge in [-0.2, -0.15) is 4.98 Å². The number of likely N-dealkylation sites (N-methyl/N-ethyl adjacent to an activating group) is 1.